The number of hydrogen-bond acceptors (Lipinski definition) is 2. The van der Waals surface area contributed by atoms with Gasteiger partial charge in [-0.1, -0.05) is 30.3 Å². The Hall–Kier alpha value is -2.16. The van der Waals surface area contributed by atoms with Crippen molar-refractivity contribution in [2.45, 2.75) is 0 Å². The first kappa shape index (κ1) is 9.09. The largest absolute Gasteiger partial charge is 0.275 e. The van der Waals surface area contributed by atoms with Crippen LogP contribution in [0, 0.1) is 0 Å². The third kappa shape index (κ3) is 1.46. The molecule has 2 heterocycles. The number of rotatable bonds is 1. The quantitative estimate of drug-likeness (QED) is 0.616. The van der Waals surface area contributed by atoms with Gasteiger partial charge in [0.1, 0.15) is 0 Å². The van der Waals surface area contributed by atoms with Gasteiger partial charge in [0.25, 0.3) is 0 Å². The zero-order chi connectivity index (χ0) is 11.0. The Morgan fingerprint density at radius 2 is 1.94 bits per heavy atom. The molecule has 0 aliphatic carbocycles. The van der Waals surface area contributed by atoms with Crippen LogP contribution in [-0.2, 0) is 7.05 Å². The summed E-state index contributed by atoms with van der Waals surface area (Å²) in [5, 5.41) is 5.45. The second-order valence-electron chi connectivity index (χ2n) is 3.80. The second kappa shape index (κ2) is 3.45. The van der Waals surface area contributed by atoms with Crippen LogP contribution in [0.2, 0.25) is 0 Å². The number of nitrogens with zero attached hydrogens (tertiary/aromatic N) is 3. The zero-order valence-corrected chi connectivity index (χ0v) is 8.96. The average Bonchev–Trinajstić information content (AvgIpc) is 2.69. The van der Waals surface area contributed by atoms with E-state index in [1.165, 1.54) is 0 Å². The first-order chi connectivity index (χ1) is 7.83. The summed E-state index contributed by atoms with van der Waals surface area (Å²) in [5.74, 6) is 0. The van der Waals surface area contributed by atoms with Gasteiger partial charge in [-0.05, 0) is 6.07 Å². The summed E-state index contributed by atoms with van der Waals surface area (Å²) in [6, 6.07) is 12.2. The van der Waals surface area contributed by atoms with E-state index in [2.05, 4.69) is 22.2 Å². The van der Waals surface area contributed by atoms with Gasteiger partial charge in [0.2, 0.25) is 0 Å². The number of pyridine rings is 1. The van der Waals surface area contributed by atoms with Crippen molar-refractivity contribution in [3.05, 3.63) is 48.8 Å². The van der Waals surface area contributed by atoms with Crippen molar-refractivity contribution in [1.29, 1.82) is 0 Å². The van der Waals surface area contributed by atoms with Crippen LogP contribution in [0.5, 0.6) is 0 Å². The third-order valence-corrected chi connectivity index (χ3v) is 2.57. The molecule has 0 amide bonds. The van der Waals surface area contributed by atoms with Crippen LogP contribution in [0.15, 0.2) is 48.8 Å². The molecular weight excluding hydrogens is 198 g/mol. The lowest BCUT2D eigenvalue weighted by atomic mass is 10.1. The van der Waals surface area contributed by atoms with Crippen molar-refractivity contribution in [2.24, 2.45) is 7.05 Å². The van der Waals surface area contributed by atoms with Gasteiger partial charge < -0.3 is 0 Å². The van der Waals surface area contributed by atoms with Gasteiger partial charge in [-0.25, -0.2) is 0 Å². The number of benzene rings is 1. The van der Waals surface area contributed by atoms with Gasteiger partial charge in [0, 0.05) is 30.4 Å². The van der Waals surface area contributed by atoms with Gasteiger partial charge in [0.05, 0.1) is 11.2 Å². The fourth-order valence-corrected chi connectivity index (χ4v) is 1.81. The molecule has 0 spiro atoms. The fraction of sp³-hybridized carbons (Fsp3) is 0.0769. The molecule has 0 unspecified atom stereocenters. The highest BCUT2D eigenvalue weighted by Gasteiger charge is 2.02. The number of aryl methyl sites for hydroxylation is 1. The number of hydrogen-bond donors (Lipinski definition) is 0. The van der Waals surface area contributed by atoms with Crippen molar-refractivity contribution in [3.63, 3.8) is 0 Å². The standard InChI is InChI=1S/C13H11N3/c1-16-9-11-8-14-12(7-13(11)15-16)10-5-3-2-4-6-10/h2-9H,1H3. The normalized spacial score (nSPS) is 10.8. The van der Waals surface area contributed by atoms with Crippen LogP contribution in [0.3, 0.4) is 0 Å². The summed E-state index contributed by atoms with van der Waals surface area (Å²) in [6.45, 7) is 0. The van der Waals surface area contributed by atoms with Crippen LogP contribution in [-0.4, -0.2) is 14.8 Å². The van der Waals surface area contributed by atoms with Crippen molar-refractivity contribution < 1.29 is 0 Å². The monoisotopic (exact) mass is 209 g/mol. The smallest absolute Gasteiger partial charge is 0.0960 e. The van der Waals surface area contributed by atoms with Crippen LogP contribution in [0.4, 0.5) is 0 Å². The highest BCUT2D eigenvalue weighted by Crippen LogP contribution is 2.20. The minimum Gasteiger partial charge on any atom is -0.275 e. The lowest BCUT2D eigenvalue weighted by Gasteiger charge is -1.99. The molecule has 0 atom stereocenters. The lowest BCUT2D eigenvalue weighted by Crippen LogP contribution is -1.85. The molecular formula is C13H11N3. The molecule has 0 aliphatic heterocycles. The molecule has 0 saturated carbocycles. The summed E-state index contributed by atoms with van der Waals surface area (Å²) in [4.78, 5) is 4.44. The maximum Gasteiger partial charge on any atom is 0.0960 e. The number of fused-ring (bicyclic) bond motifs is 1. The van der Waals surface area contributed by atoms with Gasteiger partial charge in [0.15, 0.2) is 0 Å². The summed E-state index contributed by atoms with van der Waals surface area (Å²) < 4.78 is 1.81. The van der Waals surface area contributed by atoms with Gasteiger partial charge in [-0.15, -0.1) is 0 Å². The Morgan fingerprint density at radius 1 is 1.12 bits per heavy atom. The molecule has 0 radical (unpaired) electrons. The molecule has 0 N–H and O–H groups in total. The Labute approximate surface area is 93.4 Å². The van der Waals surface area contributed by atoms with Gasteiger partial charge in [-0.3, -0.25) is 9.67 Å². The predicted octanol–water partition coefficient (Wildman–Crippen LogP) is 2.64. The van der Waals surface area contributed by atoms with E-state index in [-0.39, 0.29) is 0 Å². The highest BCUT2D eigenvalue weighted by atomic mass is 15.2. The topological polar surface area (TPSA) is 30.7 Å². The molecule has 2 aromatic heterocycles. The minimum atomic E-state index is 0.965. The second-order valence-corrected chi connectivity index (χ2v) is 3.80. The van der Waals surface area contributed by atoms with E-state index in [9.17, 15) is 0 Å². The molecule has 0 aliphatic rings. The Morgan fingerprint density at radius 3 is 2.75 bits per heavy atom. The Kier molecular flexibility index (Phi) is 1.96. The van der Waals surface area contributed by atoms with Crippen LogP contribution in [0.1, 0.15) is 0 Å². The molecule has 0 saturated heterocycles. The molecule has 78 valence electrons. The van der Waals surface area contributed by atoms with E-state index in [0.29, 0.717) is 0 Å². The van der Waals surface area contributed by atoms with Gasteiger partial charge in [-0.2, -0.15) is 5.10 Å². The molecule has 16 heavy (non-hydrogen) atoms. The van der Waals surface area contributed by atoms with E-state index in [4.69, 9.17) is 0 Å². The molecule has 1 aromatic carbocycles. The fourth-order valence-electron chi connectivity index (χ4n) is 1.81. The third-order valence-electron chi connectivity index (χ3n) is 2.57. The molecule has 0 fully saturated rings. The first-order valence-electron chi connectivity index (χ1n) is 5.18. The molecule has 3 rings (SSSR count). The van der Waals surface area contributed by atoms with Crippen LogP contribution < -0.4 is 0 Å². The van der Waals surface area contributed by atoms with Crippen LogP contribution in [0.25, 0.3) is 22.2 Å². The zero-order valence-electron chi connectivity index (χ0n) is 8.96. The number of aromatic nitrogens is 3. The van der Waals surface area contributed by atoms with Crippen molar-refractivity contribution in [1.82, 2.24) is 14.8 Å². The van der Waals surface area contributed by atoms with Crippen molar-refractivity contribution >= 4 is 10.9 Å². The summed E-state index contributed by atoms with van der Waals surface area (Å²) >= 11 is 0. The van der Waals surface area contributed by atoms with Gasteiger partial charge >= 0.3 is 0 Å². The Bertz CT molecular complexity index is 626. The Balaban J connectivity index is 2.18. The summed E-state index contributed by atoms with van der Waals surface area (Å²) in [7, 11) is 1.92. The predicted molar refractivity (Wildman–Crippen MR) is 63.9 cm³/mol. The van der Waals surface area contributed by atoms with E-state index >= 15 is 0 Å². The van der Waals surface area contributed by atoms with E-state index in [1.54, 1.807) is 4.68 Å². The van der Waals surface area contributed by atoms with E-state index in [0.717, 1.165) is 22.2 Å². The first-order valence-corrected chi connectivity index (χ1v) is 5.18. The lowest BCUT2D eigenvalue weighted by molar-refractivity contribution is 0.780. The minimum absolute atomic E-state index is 0.965. The molecule has 0 bridgehead atoms. The summed E-state index contributed by atoms with van der Waals surface area (Å²) in [5.41, 5.74) is 3.07. The summed E-state index contributed by atoms with van der Waals surface area (Å²) in [6.07, 6.45) is 3.84. The molecule has 3 heteroatoms. The molecule has 3 aromatic rings. The molecule has 3 nitrogen and oxygen atoms in total. The van der Waals surface area contributed by atoms with Crippen molar-refractivity contribution in [2.75, 3.05) is 0 Å². The van der Waals surface area contributed by atoms with E-state index < -0.39 is 0 Å². The SMILES string of the molecule is Cn1cc2cnc(-c3ccccc3)cc2n1. The highest BCUT2D eigenvalue weighted by molar-refractivity contribution is 5.81. The van der Waals surface area contributed by atoms with E-state index in [1.807, 2.05) is 43.7 Å². The maximum absolute atomic E-state index is 4.44. The van der Waals surface area contributed by atoms with Crippen LogP contribution >= 0.6 is 0 Å². The maximum atomic E-state index is 4.44. The average molecular weight is 209 g/mol. The van der Waals surface area contributed by atoms with Crippen molar-refractivity contribution in [3.8, 4) is 11.3 Å².